The Hall–Kier alpha value is -1.90. The second kappa shape index (κ2) is 6.54. The van der Waals surface area contributed by atoms with Crippen LogP contribution in [0.2, 0.25) is 0 Å². The number of nitrogens with one attached hydrogen (secondary N) is 1. The van der Waals surface area contributed by atoms with E-state index in [4.69, 9.17) is 0 Å². The van der Waals surface area contributed by atoms with E-state index in [1.54, 1.807) is 6.20 Å². The molecule has 24 heavy (non-hydrogen) atoms. The number of nitrogens with zero attached hydrogens (tertiary/aromatic N) is 6. The van der Waals surface area contributed by atoms with Crippen LogP contribution in [-0.2, 0) is 0 Å². The highest BCUT2D eigenvalue weighted by molar-refractivity contribution is 5.25. The first kappa shape index (κ1) is 15.6. The minimum Gasteiger partial charge on any atom is -0.387 e. The Labute approximate surface area is 140 Å². The van der Waals surface area contributed by atoms with Gasteiger partial charge in [0.2, 0.25) is 0 Å². The first-order valence-corrected chi connectivity index (χ1v) is 8.55. The van der Waals surface area contributed by atoms with Gasteiger partial charge in [0, 0.05) is 24.8 Å². The predicted molar refractivity (Wildman–Crippen MR) is 87.5 cm³/mol. The first-order valence-electron chi connectivity index (χ1n) is 8.55. The fraction of sp³-hybridized carbons (Fsp3) is 0.625. The van der Waals surface area contributed by atoms with Crippen molar-refractivity contribution >= 4 is 0 Å². The maximum Gasteiger partial charge on any atom is 0.156 e. The SMILES string of the molecule is OC(CN1CCC2(CCNCC2)C1)c1ccc(-n2cnnn2)nc1. The molecule has 0 aliphatic carbocycles. The van der Waals surface area contributed by atoms with Crippen LogP contribution in [0.5, 0.6) is 0 Å². The monoisotopic (exact) mass is 329 g/mol. The third-order valence-corrected chi connectivity index (χ3v) is 5.35. The zero-order valence-electron chi connectivity index (χ0n) is 13.7. The summed E-state index contributed by atoms with van der Waals surface area (Å²) in [5.41, 5.74) is 1.30. The molecule has 2 N–H and O–H groups in total. The van der Waals surface area contributed by atoms with Gasteiger partial charge in [-0.3, -0.25) is 4.90 Å². The summed E-state index contributed by atoms with van der Waals surface area (Å²) in [6, 6.07) is 3.72. The van der Waals surface area contributed by atoms with E-state index >= 15 is 0 Å². The lowest BCUT2D eigenvalue weighted by Gasteiger charge is -2.34. The summed E-state index contributed by atoms with van der Waals surface area (Å²) in [7, 11) is 0. The number of likely N-dealkylation sites (tertiary alicyclic amines) is 1. The summed E-state index contributed by atoms with van der Waals surface area (Å²) >= 11 is 0. The molecule has 0 bridgehead atoms. The van der Waals surface area contributed by atoms with Crippen molar-refractivity contribution in [1.29, 1.82) is 0 Å². The molecule has 0 saturated carbocycles. The molecule has 8 heteroatoms. The maximum atomic E-state index is 10.5. The summed E-state index contributed by atoms with van der Waals surface area (Å²) in [4.78, 5) is 6.73. The van der Waals surface area contributed by atoms with Gasteiger partial charge in [0.05, 0.1) is 6.10 Å². The molecule has 0 radical (unpaired) electrons. The molecule has 4 rings (SSSR count). The van der Waals surface area contributed by atoms with Gasteiger partial charge < -0.3 is 10.4 Å². The minimum absolute atomic E-state index is 0.465. The number of hydrogen-bond donors (Lipinski definition) is 2. The molecule has 0 aromatic carbocycles. The smallest absolute Gasteiger partial charge is 0.156 e. The molecule has 1 unspecified atom stereocenters. The van der Waals surface area contributed by atoms with Crippen LogP contribution in [0.15, 0.2) is 24.7 Å². The Bertz CT molecular complexity index is 652. The number of aromatic nitrogens is 5. The van der Waals surface area contributed by atoms with Crippen LogP contribution < -0.4 is 5.32 Å². The molecule has 2 saturated heterocycles. The summed E-state index contributed by atoms with van der Waals surface area (Å²) < 4.78 is 1.50. The number of piperidine rings is 1. The Kier molecular flexibility index (Phi) is 4.26. The van der Waals surface area contributed by atoms with E-state index in [0.29, 0.717) is 17.8 Å². The van der Waals surface area contributed by atoms with Crippen molar-refractivity contribution in [3.05, 3.63) is 30.2 Å². The van der Waals surface area contributed by atoms with Crippen molar-refractivity contribution in [2.45, 2.75) is 25.4 Å². The summed E-state index contributed by atoms with van der Waals surface area (Å²) in [6.45, 7) is 5.09. The van der Waals surface area contributed by atoms with Crippen molar-refractivity contribution in [2.24, 2.45) is 5.41 Å². The van der Waals surface area contributed by atoms with E-state index in [-0.39, 0.29) is 0 Å². The molecule has 1 spiro atoms. The molecular formula is C16H23N7O. The highest BCUT2D eigenvalue weighted by Crippen LogP contribution is 2.39. The summed E-state index contributed by atoms with van der Waals surface area (Å²) in [5.74, 6) is 0.644. The largest absolute Gasteiger partial charge is 0.387 e. The second-order valence-electron chi connectivity index (χ2n) is 6.96. The molecule has 1 atom stereocenters. The third-order valence-electron chi connectivity index (χ3n) is 5.35. The van der Waals surface area contributed by atoms with E-state index in [1.807, 2.05) is 12.1 Å². The van der Waals surface area contributed by atoms with Gasteiger partial charge in [-0.15, -0.1) is 5.10 Å². The molecule has 2 aliphatic rings. The van der Waals surface area contributed by atoms with Crippen LogP contribution in [0.25, 0.3) is 5.82 Å². The van der Waals surface area contributed by atoms with Crippen molar-refractivity contribution < 1.29 is 5.11 Å². The molecule has 8 nitrogen and oxygen atoms in total. The molecule has 128 valence electrons. The zero-order chi connectivity index (χ0) is 16.4. The Morgan fingerprint density at radius 3 is 2.83 bits per heavy atom. The number of tetrazole rings is 1. The van der Waals surface area contributed by atoms with Crippen LogP contribution >= 0.6 is 0 Å². The fourth-order valence-electron chi connectivity index (χ4n) is 3.90. The maximum absolute atomic E-state index is 10.5. The van der Waals surface area contributed by atoms with E-state index in [0.717, 1.165) is 31.7 Å². The van der Waals surface area contributed by atoms with E-state index in [2.05, 4.69) is 30.7 Å². The van der Waals surface area contributed by atoms with E-state index in [1.165, 1.54) is 30.3 Å². The predicted octanol–water partition coefficient (Wildman–Crippen LogP) is 0.166. The van der Waals surface area contributed by atoms with Gasteiger partial charge in [0.25, 0.3) is 0 Å². The first-order chi connectivity index (χ1) is 11.7. The lowest BCUT2D eigenvalue weighted by atomic mass is 9.78. The molecule has 0 amide bonds. The molecule has 2 fully saturated rings. The standard InChI is InChI=1S/C16H23N7O/c24-14(10-22-8-5-16(11-22)3-6-17-7-4-16)13-1-2-15(18-9-13)23-12-19-20-21-23/h1-2,9,12,14,17,24H,3-8,10-11H2. The van der Waals surface area contributed by atoms with Crippen molar-refractivity contribution in [1.82, 2.24) is 35.4 Å². The number of aliphatic hydroxyl groups excluding tert-OH is 1. The fourth-order valence-corrected chi connectivity index (χ4v) is 3.90. The minimum atomic E-state index is -0.516. The molecule has 2 aliphatic heterocycles. The van der Waals surface area contributed by atoms with Crippen molar-refractivity contribution in [2.75, 3.05) is 32.7 Å². The van der Waals surface area contributed by atoms with Crippen molar-refractivity contribution in [3.8, 4) is 5.82 Å². The van der Waals surface area contributed by atoms with Gasteiger partial charge in [-0.1, -0.05) is 6.07 Å². The lowest BCUT2D eigenvalue weighted by molar-refractivity contribution is 0.112. The number of aliphatic hydroxyl groups is 1. The van der Waals surface area contributed by atoms with Gasteiger partial charge in [-0.2, -0.15) is 4.68 Å². The van der Waals surface area contributed by atoms with Gasteiger partial charge in [-0.05, 0) is 60.8 Å². The Morgan fingerprint density at radius 2 is 2.12 bits per heavy atom. The zero-order valence-corrected chi connectivity index (χ0v) is 13.7. The molecular weight excluding hydrogens is 306 g/mol. The number of pyridine rings is 1. The summed E-state index contributed by atoms with van der Waals surface area (Å²) in [5, 5.41) is 25.0. The normalized spacial score (nSPS) is 22.0. The number of β-amino-alcohol motifs (C(OH)–C–C–N with tert-alkyl or cyclic N) is 1. The third kappa shape index (κ3) is 3.17. The van der Waals surface area contributed by atoms with Gasteiger partial charge in [0.15, 0.2) is 5.82 Å². The number of rotatable bonds is 4. The molecule has 4 heterocycles. The Morgan fingerprint density at radius 1 is 1.25 bits per heavy atom. The average molecular weight is 329 g/mol. The molecule has 2 aromatic heterocycles. The van der Waals surface area contributed by atoms with Gasteiger partial charge in [0.1, 0.15) is 6.33 Å². The second-order valence-corrected chi connectivity index (χ2v) is 6.96. The highest BCUT2D eigenvalue weighted by atomic mass is 16.3. The average Bonchev–Trinajstić information content (AvgIpc) is 3.27. The lowest BCUT2D eigenvalue weighted by Crippen LogP contribution is -2.39. The van der Waals surface area contributed by atoms with Crippen LogP contribution in [-0.4, -0.2) is 67.9 Å². The Balaban J connectivity index is 1.37. The topological polar surface area (TPSA) is 92.0 Å². The quantitative estimate of drug-likeness (QED) is 0.826. The summed E-state index contributed by atoms with van der Waals surface area (Å²) in [6.07, 6.45) is 6.44. The number of hydrogen-bond acceptors (Lipinski definition) is 7. The van der Waals surface area contributed by atoms with Crippen molar-refractivity contribution in [3.63, 3.8) is 0 Å². The van der Waals surface area contributed by atoms with E-state index in [9.17, 15) is 5.11 Å². The van der Waals surface area contributed by atoms with Gasteiger partial charge in [-0.25, -0.2) is 4.98 Å². The highest BCUT2D eigenvalue weighted by Gasteiger charge is 2.39. The van der Waals surface area contributed by atoms with Crippen LogP contribution in [0, 0.1) is 5.41 Å². The van der Waals surface area contributed by atoms with Crippen LogP contribution in [0.1, 0.15) is 30.9 Å². The molecule has 2 aromatic rings. The van der Waals surface area contributed by atoms with Gasteiger partial charge >= 0.3 is 0 Å². The van der Waals surface area contributed by atoms with E-state index < -0.39 is 6.10 Å². The van der Waals surface area contributed by atoms with Crippen LogP contribution in [0.4, 0.5) is 0 Å². The van der Waals surface area contributed by atoms with Crippen LogP contribution in [0.3, 0.4) is 0 Å².